The quantitative estimate of drug-likeness (QED) is 0.845. The molecule has 1 aromatic rings. The van der Waals surface area contributed by atoms with Gasteiger partial charge in [-0.25, -0.2) is 8.78 Å². The van der Waals surface area contributed by atoms with Crippen molar-refractivity contribution < 1.29 is 13.6 Å². The van der Waals surface area contributed by atoms with Gasteiger partial charge in [-0.3, -0.25) is 4.79 Å². The van der Waals surface area contributed by atoms with Gasteiger partial charge in [-0.1, -0.05) is 0 Å². The maximum Gasteiger partial charge on any atom is 0.251 e. The van der Waals surface area contributed by atoms with Crippen molar-refractivity contribution in [1.29, 1.82) is 0 Å². The monoisotopic (exact) mass is 281 g/mol. The molecule has 0 radical (unpaired) electrons. The van der Waals surface area contributed by atoms with Crippen LogP contribution in [-0.4, -0.2) is 23.2 Å². The molecule has 1 N–H and O–H groups in total. The number of benzene rings is 1. The summed E-state index contributed by atoms with van der Waals surface area (Å²) in [6, 6.07) is 2.58. The van der Waals surface area contributed by atoms with Gasteiger partial charge in [0.15, 0.2) is 0 Å². The highest BCUT2D eigenvalue weighted by atomic mass is 35.5. The van der Waals surface area contributed by atoms with Crippen molar-refractivity contribution >= 4 is 29.1 Å². The fourth-order valence-corrected chi connectivity index (χ4v) is 1.55. The average Bonchev–Trinajstić information content (AvgIpc) is 2.27. The largest absolute Gasteiger partial charge is 0.344 e. The number of amides is 1. The molecule has 0 bridgehead atoms. The Balaban J connectivity index is 2.90. The van der Waals surface area contributed by atoms with Gasteiger partial charge >= 0.3 is 0 Å². The van der Waals surface area contributed by atoms with Gasteiger partial charge in [0.2, 0.25) is 0 Å². The summed E-state index contributed by atoms with van der Waals surface area (Å²) in [6.07, 6.45) is 0. The molecule has 6 heteroatoms. The Labute approximate surface area is 108 Å². The lowest BCUT2D eigenvalue weighted by molar-refractivity contribution is 0.0920. The maximum atomic E-state index is 12.9. The Morgan fingerprint density at radius 2 is 1.71 bits per heavy atom. The molecule has 0 atom stereocenters. The number of rotatable bonds is 4. The Bertz CT molecular complexity index is 402. The number of hydrogen-bond acceptors (Lipinski definition) is 1. The fraction of sp³-hybridized carbons (Fsp3) is 0.364. The highest BCUT2D eigenvalue weighted by molar-refractivity contribution is 6.22. The molecule has 0 saturated carbocycles. The van der Waals surface area contributed by atoms with E-state index in [4.69, 9.17) is 23.2 Å². The highest BCUT2D eigenvalue weighted by Gasteiger charge is 2.25. The SMILES string of the molecule is CC(CCl)(CCl)NC(=O)c1cc(F)cc(F)c1. The lowest BCUT2D eigenvalue weighted by atomic mass is 10.1. The van der Waals surface area contributed by atoms with Crippen LogP contribution in [0, 0.1) is 11.6 Å². The molecule has 1 amide bonds. The van der Waals surface area contributed by atoms with Crippen molar-refractivity contribution in [2.45, 2.75) is 12.5 Å². The smallest absolute Gasteiger partial charge is 0.251 e. The third-order valence-electron chi connectivity index (χ3n) is 2.13. The summed E-state index contributed by atoms with van der Waals surface area (Å²) in [7, 11) is 0. The zero-order chi connectivity index (χ0) is 13.1. The van der Waals surface area contributed by atoms with Crippen LogP contribution in [0.25, 0.3) is 0 Å². The summed E-state index contributed by atoms with van der Waals surface area (Å²) in [5.41, 5.74) is -0.924. The molecule has 0 fully saturated rings. The van der Waals surface area contributed by atoms with Gasteiger partial charge in [0, 0.05) is 23.4 Å². The standard InChI is InChI=1S/C11H11Cl2F2NO/c1-11(5-12,6-13)16-10(17)7-2-8(14)4-9(15)3-7/h2-4H,5-6H2,1H3,(H,16,17). The van der Waals surface area contributed by atoms with Gasteiger partial charge in [0.1, 0.15) is 11.6 Å². The van der Waals surface area contributed by atoms with Crippen molar-refractivity contribution in [3.8, 4) is 0 Å². The van der Waals surface area contributed by atoms with E-state index in [1.807, 2.05) is 0 Å². The summed E-state index contributed by atoms with van der Waals surface area (Å²) in [5.74, 6) is -2.05. The molecule has 0 aliphatic rings. The van der Waals surface area contributed by atoms with Gasteiger partial charge in [-0.2, -0.15) is 0 Å². The van der Waals surface area contributed by atoms with Gasteiger partial charge in [-0.15, -0.1) is 23.2 Å². The highest BCUT2D eigenvalue weighted by Crippen LogP contribution is 2.12. The molecule has 0 saturated heterocycles. The lowest BCUT2D eigenvalue weighted by Crippen LogP contribution is -2.49. The lowest BCUT2D eigenvalue weighted by Gasteiger charge is -2.25. The minimum absolute atomic E-state index is 0.0973. The molecule has 1 aromatic carbocycles. The van der Waals surface area contributed by atoms with Crippen LogP contribution in [0.15, 0.2) is 18.2 Å². The first-order valence-electron chi connectivity index (χ1n) is 4.81. The molecule has 0 unspecified atom stereocenters. The van der Waals surface area contributed by atoms with Gasteiger partial charge in [-0.05, 0) is 19.1 Å². The number of alkyl halides is 2. The van der Waals surface area contributed by atoms with E-state index >= 15 is 0 Å². The molecule has 17 heavy (non-hydrogen) atoms. The molecule has 0 aliphatic heterocycles. The van der Waals surface area contributed by atoms with E-state index in [9.17, 15) is 13.6 Å². The Hall–Kier alpha value is -0.870. The molecule has 0 spiro atoms. The number of hydrogen-bond donors (Lipinski definition) is 1. The van der Waals surface area contributed by atoms with E-state index in [0.29, 0.717) is 6.07 Å². The third-order valence-corrected chi connectivity index (χ3v) is 3.31. The number of carbonyl (C=O) groups is 1. The first-order valence-corrected chi connectivity index (χ1v) is 5.87. The van der Waals surface area contributed by atoms with E-state index in [2.05, 4.69) is 5.32 Å². The predicted molar refractivity (Wildman–Crippen MR) is 63.7 cm³/mol. The van der Waals surface area contributed by atoms with E-state index in [1.165, 1.54) is 0 Å². The van der Waals surface area contributed by atoms with Crippen LogP contribution in [0.3, 0.4) is 0 Å². The second-order valence-electron chi connectivity index (χ2n) is 3.94. The summed E-state index contributed by atoms with van der Waals surface area (Å²) < 4.78 is 25.8. The van der Waals surface area contributed by atoms with Crippen LogP contribution in [0.4, 0.5) is 8.78 Å². The third kappa shape index (κ3) is 3.82. The first-order chi connectivity index (χ1) is 7.90. The van der Waals surface area contributed by atoms with Gasteiger partial charge < -0.3 is 5.32 Å². The molecule has 0 aromatic heterocycles. The van der Waals surface area contributed by atoms with Crippen molar-refractivity contribution in [2.75, 3.05) is 11.8 Å². The van der Waals surface area contributed by atoms with Crippen LogP contribution in [0.2, 0.25) is 0 Å². The number of halogens is 4. The van der Waals surface area contributed by atoms with Crippen LogP contribution < -0.4 is 5.32 Å². The minimum Gasteiger partial charge on any atom is -0.344 e. The predicted octanol–water partition coefficient (Wildman–Crippen LogP) is 2.93. The van der Waals surface area contributed by atoms with E-state index in [-0.39, 0.29) is 17.3 Å². The molecular formula is C11H11Cl2F2NO. The van der Waals surface area contributed by atoms with Gasteiger partial charge in [0.25, 0.3) is 5.91 Å². The van der Waals surface area contributed by atoms with E-state index in [1.54, 1.807) is 6.92 Å². The summed E-state index contributed by atoms with van der Waals surface area (Å²) in [5, 5.41) is 2.53. The zero-order valence-corrected chi connectivity index (χ0v) is 10.6. The molecule has 0 aliphatic carbocycles. The van der Waals surface area contributed by atoms with Crippen molar-refractivity contribution in [1.82, 2.24) is 5.32 Å². The van der Waals surface area contributed by atoms with E-state index < -0.39 is 23.1 Å². The number of nitrogens with one attached hydrogen (secondary N) is 1. The van der Waals surface area contributed by atoms with E-state index in [0.717, 1.165) is 12.1 Å². The summed E-state index contributed by atoms with van der Waals surface area (Å²) in [4.78, 5) is 11.7. The van der Waals surface area contributed by atoms with Crippen molar-refractivity contribution in [3.63, 3.8) is 0 Å². The normalized spacial score (nSPS) is 11.4. The molecule has 1 rings (SSSR count). The summed E-state index contributed by atoms with van der Waals surface area (Å²) >= 11 is 11.3. The average molecular weight is 282 g/mol. The fourth-order valence-electron chi connectivity index (χ4n) is 1.13. The minimum atomic E-state index is -0.816. The Kier molecular flexibility index (Phi) is 4.71. The summed E-state index contributed by atoms with van der Waals surface area (Å²) in [6.45, 7) is 1.64. The molecule has 94 valence electrons. The molecule has 2 nitrogen and oxygen atoms in total. The van der Waals surface area contributed by atoms with Crippen LogP contribution in [-0.2, 0) is 0 Å². The Morgan fingerprint density at radius 3 is 2.12 bits per heavy atom. The van der Waals surface area contributed by atoms with Crippen LogP contribution in [0.5, 0.6) is 0 Å². The number of carbonyl (C=O) groups excluding carboxylic acids is 1. The molecular weight excluding hydrogens is 271 g/mol. The second-order valence-corrected chi connectivity index (χ2v) is 4.47. The van der Waals surface area contributed by atoms with Crippen molar-refractivity contribution in [3.05, 3.63) is 35.4 Å². The maximum absolute atomic E-state index is 12.9. The van der Waals surface area contributed by atoms with Crippen molar-refractivity contribution in [2.24, 2.45) is 0 Å². The van der Waals surface area contributed by atoms with Crippen LogP contribution in [0.1, 0.15) is 17.3 Å². The molecule has 0 heterocycles. The van der Waals surface area contributed by atoms with Crippen LogP contribution >= 0.6 is 23.2 Å². The first kappa shape index (κ1) is 14.2. The Morgan fingerprint density at radius 1 is 1.24 bits per heavy atom. The topological polar surface area (TPSA) is 29.1 Å². The second kappa shape index (κ2) is 5.65. The van der Waals surface area contributed by atoms with Gasteiger partial charge in [0.05, 0.1) is 5.54 Å². The zero-order valence-electron chi connectivity index (χ0n) is 9.07.